The molecule has 0 heterocycles. The van der Waals surface area contributed by atoms with Crippen molar-refractivity contribution in [2.24, 2.45) is 11.8 Å². The molecule has 1 atom stereocenters. The SMILES string of the molecule is CC(C)C(C)C(=O)Nc1cc(N)ccc1Cl. The van der Waals surface area contributed by atoms with E-state index in [0.29, 0.717) is 22.3 Å². The van der Waals surface area contributed by atoms with Gasteiger partial charge in [-0.2, -0.15) is 0 Å². The number of benzene rings is 1. The van der Waals surface area contributed by atoms with Crippen LogP contribution in [0.3, 0.4) is 0 Å². The highest BCUT2D eigenvalue weighted by molar-refractivity contribution is 6.33. The summed E-state index contributed by atoms with van der Waals surface area (Å²) in [5.74, 6) is 0.194. The van der Waals surface area contributed by atoms with Gasteiger partial charge in [0.1, 0.15) is 0 Å². The molecule has 1 rings (SSSR count). The van der Waals surface area contributed by atoms with Crippen molar-refractivity contribution < 1.29 is 4.79 Å². The van der Waals surface area contributed by atoms with Crippen molar-refractivity contribution in [2.75, 3.05) is 11.1 Å². The number of halogens is 1. The van der Waals surface area contributed by atoms with Crippen molar-refractivity contribution in [3.8, 4) is 0 Å². The van der Waals surface area contributed by atoms with Gasteiger partial charge >= 0.3 is 0 Å². The molecule has 0 bridgehead atoms. The molecule has 0 radical (unpaired) electrons. The second-order valence-electron chi connectivity index (χ2n) is 4.26. The van der Waals surface area contributed by atoms with Crippen LogP contribution in [0.25, 0.3) is 0 Å². The van der Waals surface area contributed by atoms with Crippen molar-refractivity contribution in [2.45, 2.75) is 20.8 Å². The van der Waals surface area contributed by atoms with Gasteiger partial charge in [-0.05, 0) is 24.1 Å². The number of rotatable bonds is 3. The Hall–Kier alpha value is -1.22. The minimum absolute atomic E-state index is 0.0394. The number of nitrogens with one attached hydrogen (secondary N) is 1. The highest BCUT2D eigenvalue weighted by atomic mass is 35.5. The highest BCUT2D eigenvalue weighted by Crippen LogP contribution is 2.25. The average Bonchev–Trinajstić information content (AvgIpc) is 2.22. The number of hydrogen-bond donors (Lipinski definition) is 2. The summed E-state index contributed by atoms with van der Waals surface area (Å²) in [6, 6.07) is 5.03. The van der Waals surface area contributed by atoms with Crippen LogP contribution in [0.5, 0.6) is 0 Å². The molecular formula is C12H17ClN2O. The van der Waals surface area contributed by atoms with Crippen molar-refractivity contribution in [1.29, 1.82) is 0 Å². The molecule has 16 heavy (non-hydrogen) atoms. The minimum Gasteiger partial charge on any atom is -0.399 e. The topological polar surface area (TPSA) is 55.1 Å². The lowest BCUT2D eigenvalue weighted by Crippen LogP contribution is -2.24. The molecule has 0 spiro atoms. The van der Waals surface area contributed by atoms with Gasteiger partial charge in [-0.25, -0.2) is 0 Å². The van der Waals surface area contributed by atoms with E-state index in [0.717, 1.165) is 0 Å². The van der Waals surface area contributed by atoms with Crippen molar-refractivity contribution in [1.82, 2.24) is 0 Å². The van der Waals surface area contributed by atoms with E-state index in [-0.39, 0.29) is 11.8 Å². The smallest absolute Gasteiger partial charge is 0.227 e. The molecule has 0 saturated heterocycles. The van der Waals surface area contributed by atoms with E-state index in [1.807, 2.05) is 20.8 Å². The van der Waals surface area contributed by atoms with Gasteiger partial charge < -0.3 is 11.1 Å². The molecule has 88 valence electrons. The summed E-state index contributed by atoms with van der Waals surface area (Å²) in [6.45, 7) is 5.90. The van der Waals surface area contributed by atoms with E-state index in [2.05, 4.69) is 5.32 Å². The number of nitrogen functional groups attached to an aromatic ring is 1. The average molecular weight is 241 g/mol. The van der Waals surface area contributed by atoms with E-state index in [9.17, 15) is 4.79 Å². The summed E-state index contributed by atoms with van der Waals surface area (Å²) < 4.78 is 0. The Morgan fingerprint density at radius 2 is 2.00 bits per heavy atom. The fourth-order valence-electron chi connectivity index (χ4n) is 1.19. The van der Waals surface area contributed by atoms with E-state index in [1.165, 1.54) is 0 Å². The standard InChI is InChI=1S/C12H17ClN2O/c1-7(2)8(3)12(16)15-11-6-9(14)4-5-10(11)13/h4-8H,14H2,1-3H3,(H,15,16). The first-order valence-electron chi connectivity index (χ1n) is 5.27. The lowest BCUT2D eigenvalue weighted by Gasteiger charge is -2.16. The maximum atomic E-state index is 11.8. The van der Waals surface area contributed by atoms with Gasteiger partial charge in [0.15, 0.2) is 0 Å². The van der Waals surface area contributed by atoms with Gasteiger partial charge in [0.25, 0.3) is 0 Å². The largest absolute Gasteiger partial charge is 0.399 e. The van der Waals surface area contributed by atoms with Crippen molar-refractivity contribution in [3.05, 3.63) is 23.2 Å². The van der Waals surface area contributed by atoms with Gasteiger partial charge in [-0.1, -0.05) is 32.4 Å². The quantitative estimate of drug-likeness (QED) is 0.798. The molecule has 1 amide bonds. The van der Waals surface area contributed by atoms with Crippen LogP contribution < -0.4 is 11.1 Å². The Morgan fingerprint density at radius 3 is 2.56 bits per heavy atom. The molecule has 1 unspecified atom stereocenters. The molecule has 3 nitrogen and oxygen atoms in total. The summed E-state index contributed by atoms with van der Waals surface area (Å²) in [5.41, 5.74) is 6.78. The Morgan fingerprint density at radius 1 is 1.38 bits per heavy atom. The van der Waals surface area contributed by atoms with Crippen LogP contribution in [0.2, 0.25) is 5.02 Å². The van der Waals surface area contributed by atoms with E-state index in [1.54, 1.807) is 18.2 Å². The second-order valence-corrected chi connectivity index (χ2v) is 4.67. The van der Waals surface area contributed by atoms with Gasteiger partial charge in [-0.3, -0.25) is 4.79 Å². The first-order valence-corrected chi connectivity index (χ1v) is 5.65. The lowest BCUT2D eigenvalue weighted by atomic mass is 9.97. The third-order valence-electron chi connectivity index (χ3n) is 2.66. The zero-order chi connectivity index (χ0) is 12.3. The predicted octanol–water partition coefficient (Wildman–Crippen LogP) is 3.15. The third kappa shape index (κ3) is 3.14. The van der Waals surface area contributed by atoms with E-state index >= 15 is 0 Å². The Kier molecular flexibility index (Phi) is 4.19. The number of carbonyl (C=O) groups excluding carboxylic acids is 1. The molecule has 0 aliphatic rings. The van der Waals surface area contributed by atoms with Crippen molar-refractivity contribution in [3.63, 3.8) is 0 Å². The molecule has 1 aromatic rings. The number of nitrogens with two attached hydrogens (primary N) is 1. The molecule has 3 N–H and O–H groups in total. The summed E-state index contributed by atoms with van der Waals surface area (Å²) in [4.78, 5) is 11.8. The Balaban J connectivity index is 2.80. The monoisotopic (exact) mass is 240 g/mol. The molecular weight excluding hydrogens is 224 g/mol. The van der Waals surface area contributed by atoms with Crippen molar-refractivity contribution >= 4 is 28.9 Å². The molecule has 1 aromatic carbocycles. The second kappa shape index (κ2) is 5.21. The molecule has 0 aliphatic carbocycles. The fourth-order valence-corrected chi connectivity index (χ4v) is 1.35. The van der Waals surface area contributed by atoms with Crippen LogP contribution in [0.1, 0.15) is 20.8 Å². The zero-order valence-electron chi connectivity index (χ0n) is 9.75. The zero-order valence-corrected chi connectivity index (χ0v) is 10.5. The van der Waals surface area contributed by atoms with Crippen LogP contribution in [-0.4, -0.2) is 5.91 Å². The van der Waals surface area contributed by atoms with Crippen LogP contribution in [0, 0.1) is 11.8 Å². The van der Waals surface area contributed by atoms with Gasteiger partial charge in [0.05, 0.1) is 10.7 Å². The fraction of sp³-hybridized carbons (Fsp3) is 0.417. The maximum Gasteiger partial charge on any atom is 0.227 e. The Bertz CT molecular complexity index is 391. The van der Waals surface area contributed by atoms with Gasteiger partial charge in [0, 0.05) is 11.6 Å². The van der Waals surface area contributed by atoms with Crippen LogP contribution >= 0.6 is 11.6 Å². The molecule has 0 saturated carbocycles. The van der Waals surface area contributed by atoms with Gasteiger partial charge in [-0.15, -0.1) is 0 Å². The van der Waals surface area contributed by atoms with E-state index < -0.39 is 0 Å². The van der Waals surface area contributed by atoms with Crippen LogP contribution in [-0.2, 0) is 4.79 Å². The summed E-state index contributed by atoms with van der Waals surface area (Å²) in [6.07, 6.45) is 0. The number of carbonyl (C=O) groups is 1. The summed E-state index contributed by atoms with van der Waals surface area (Å²) in [5, 5.41) is 3.28. The van der Waals surface area contributed by atoms with Crippen LogP contribution in [0.4, 0.5) is 11.4 Å². The number of anilines is 2. The summed E-state index contributed by atoms with van der Waals surface area (Å²) in [7, 11) is 0. The predicted molar refractivity (Wildman–Crippen MR) is 68.5 cm³/mol. The van der Waals surface area contributed by atoms with Crippen LogP contribution in [0.15, 0.2) is 18.2 Å². The first kappa shape index (κ1) is 12.8. The maximum absolute atomic E-state index is 11.8. The molecule has 4 heteroatoms. The molecule has 0 aliphatic heterocycles. The summed E-state index contributed by atoms with van der Waals surface area (Å²) >= 11 is 5.95. The number of amides is 1. The van der Waals surface area contributed by atoms with E-state index in [4.69, 9.17) is 17.3 Å². The molecule has 0 fully saturated rings. The number of hydrogen-bond acceptors (Lipinski definition) is 2. The first-order chi connectivity index (χ1) is 7.41. The Labute approximate surface area is 101 Å². The van der Waals surface area contributed by atoms with Gasteiger partial charge in [0.2, 0.25) is 5.91 Å². The lowest BCUT2D eigenvalue weighted by molar-refractivity contribution is -0.120. The normalized spacial score (nSPS) is 12.6. The highest BCUT2D eigenvalue weighted by Gasteiger charge is 2.17. The minimum atomic E-state index is -0.0579. The molecule has 0 aromatic heterocycles. The third-order valence-corrected chi connectivity index (χ3v) is 2.99.